The topological polar surface area (TPSA) is 50.4 Å². The highest BCUT2D eigenvalue weighted by atomic mass is 35.5. The maximum atomic E-state index is 13.2. The van der Waals surface area contributed by atoms with Gasteiger partial charge in [-0.25, -0.2) is 0 Å². The molecule has 3 aromatic rings. The first-order chi connectivity index (χ1) is 13.2. The van der Waals surface area contributed by atoms with Crippen LogP contribution >= 0.6 is 34.3 Å². The second-order valence-corrected chi connectivity index (χ2v) is 8.87. The van der Waals surface area contributed by atoms with Crippen LogP contribution in [0.5, 0.6) is 5.75 Å². The number of amides is 1. The fourth-order valence-electron chi connectivity index (χ4n) is 3.31. The van der Waals surface area contributed by atoms with E-state index in [0.29, 0.717) is 16.5 Å². The van der Waals surface area contributed by atoms with Crippen LogP contribution in [0, 0.1) is 0 Å². The van der Waals surface area contributed by atoms with Crippen molar-refractivity contribution in [2.24, 2.45) is 0 Å². The largest absolute Gasteiger partial charge is 0.495 e. The molecule has 4 nitrogen and oxygen atoms in total. The summed E-state index contributed by atoms with van der Waals surface area (Å²) in [5.74, 6) is 0.469. The van der Waals surface area contributed by atoms with Crippen LogP contribution in [0.1, 0.15) is 32.1 Å². The number of hydrogen-bond donors (Lipinski definition) is 2. The Morgan fingerprint density at radius 1 is 1.30 bits per heavy atom. The predicted molar refractivity (Wildman–Crippen MR) is 114 cm³/mol. The van der Waals surface area contributed by atoms with Gasteiger partial charge < -0.3 is 15.4 Å². The van der Waals surface area contributed by atoms with Crippen molar-refractivity contribution < 1.29 is 9.53 Å². The number of benzene rings is 1. The average molecular weight is 419 g/mol. The quantitative estimate of drug-likeness (QED) is 0.529. The van der Waals surface area contributed by atoms with Gasteiger partial charge in [-0.1, -0.05) is 17.7 Å². The molecule has 2 aromatic heterocycles. The number of nitrogens with one attached hydrogen (secondary N) is 2. The van der Waals surface area contributed by atoms with E-state index in [4.69, 9.17) is 16.3 Å². The molecule has 140 valence electrons. The molecule has 27 heavy (non-hydrogen) atoms. The van der Waals surface area contributed by atoms with Crippen molar-refractivity contribution in [2.75, 3.05) is 17.7 Å². The van der Waals surface area contributed by atoms with Gasteiger partial charge >= 0.3 is 0 Å². The van der Waals surface area contributed by atoms with E-state index in [9.17, 15) is 4.79 Å². The van der Waals surface area contributed by atoms with Crippen molar-refractivity contribution in [3.8, 4) is 5.75 Å². The Hall–Kier alpha value is -2.02. The normalized spacial score (nSPS) is 12.7. The number of carbonyl (C=O) groups excluding carboxylic acids is 1. The summed E-state index contributed by atoms with van der Waals surface area (Å²) in [4.78, 5) is 15.7. The third-order valence-electron chi connectivity index (χ3n) is 4.56. The minimum atomic E-state index is -0.122. The Bertz CT molecular complexity index is 967. The first kappa shape index (κ1) is 18.3. The molecule has 4 rings (SSSR count). The van der Waals surface area contributed by atoms with Crippen molar-refractivity contribution >= 4 is 50.9 Å². The van der Waals surface area contributed by atoms with Crippen LogP contribution in [0.3, 0.4) is 0 Å². The highest BCUT2D eigenvalue weighted by molar-refractivity contribution is 7.16. The summed E-state index contributed by atoms with van der Waals surface area (Å²) in [6, 6.07) is 9.34. The van der Waals surface area contributed by atoms with E-state index < -0.39 is 0 Å². The second kappa shape index (κ2) is 7.92. The number of hydrogen-bond acceptors (Lipinski definition) is 5. The maximum Gasteiger partial charge on any atom is 0.259 e. The lowest BCUT2D eigenvalue weighted by Gasteiger charge is -2.12. The van der Waals surface area contributed by atoms with Gasteiger partial charge in [-0.3, -0.25) is 4.79 Å². The van der Waals surface area contributed by atoms with Crippen LogP contribution in [-0.4, -0.2) is 13.0 Å². The maximum absolute atomic E-state index is 13.2. The molecule has 2 N–H and O–H groups in total. The zero-order valence-corrected chi connectivity index (χ0v) is 17.2. The van der Waals surface area contributed by atoms with Crippen LogP contribution in [0.15, 0.2) is 35.7 Å². The van der Waals surface area contributed by atoms with Crippen molar-refractivity contribution in [1.29, 1.82) is 0 Å². The Morgan fingerprint density at radius 2 is 2.19 bits per heavy atom. The van der Waals surface area contributed by atoms with Crippen LogP contribution in [-0.2, 0) is 19.4 Å². The van der Waals surface area contributed by atoms with Gasteiger partial charge in [0.05, 0.1) is 24.9 Å². The van der Waals surface area contributed by atoms with Crippen LogP contribution < -0.4 is 15.4 Å². The fourth-order valence-corrected chi connectivity index (χ4v) is 5.41. The number of anilines is 2. The average Bonchev–Trinajstić information content (AvgIpc) is 3.37. The number of thiophene rings is 2. The Morgan fingerprint density at radius 3 is 2.96 bits per heavy atom. The number of ether oxygens (including phenoxy) is 1. The summed E-state index contributed by atoms with van der Waals surface area (Å²) >= 11 is 9.50. The number of halogens is 1. The summed E-state index contributed by atoms with van der Waals surface area (Å²) < 4.78 is 5.35. The third kappa shape index (κ3) is 3.83. The molecule has 1 amide bonds. The molecule has 0 spiro atoms. The molecule has 7 heteroatoms. The second-order valence-electron chi connectivity index (χ2n) is 6.29. The predicted octanol–water partition coefficient (Wildman–Crippen LogP) is 5.82. The van der Waals surface area contributed by atoms with Crippen molar-refractivity contribution in [1.82, 2.24) is 0 Å². The zero-order valence-electron chi connectivity index (χ0n) is 14.8. The van der Waals surface area contributed by atoms with E-state index in [1.54, 1.807) is 48.0 Å². The molecule has 0 saturated carbocycles. The molecule has 1 aliphatic carbocycles. The lowest BCUT2D eigenvalue weighted by atomic mass is 10.1. The van der Waals surface area contributed by atoms with Gasteiger partial charge in [0.25, 0.3) is 5.91 Å². The number of methoxy groups -OCH3 is 1. The van der Waals surface area contributed by atoms with E-state index in [1.807, 2.05) is 6.07 Å². The monoisotopic (exact) mass is 418 g/mol. The van der Waals surface area contributed by atoms with E-state index in [0.717, 1.165) is 36.4 Å². The number of fused-ring (bicyclic) bond motifs is 1. The molecule has 0 saturated heterocycles. The van der Waals surface area contributed by atoms with Crippen molar-refractivity contribution in [2.45, 2.75) is 25.8 Å². The molecule has 1 aromatic carbocycles. The summed E-state index contributed by atoms with van der Waals surface area (Å²) in [6.07, 6.45) is 3.09. The SMILES string of the molecule is COc1ccc(Cl)cc1NC(=O)c1c(NCc2cccs2)sc2c1CCC2. The smallest absolute Gasteiger partial charge is 0.259 e. The van der Waals surface area contributed by atoms with Gasteiger partial charge in [0.15, 0.2) is 0 Å². The number of aryl methyl sites for hydroxylation is 1. The lowest BCUT2D eigenvalue weighted by Crippen LogP contribution is -2.15. The molecule has 0 bridgehead atoms. The van der Waals surface area contributed by atoms with Crippen molar-refractivity contribution in [3.63, 3.8) is 0 Å². The van der Waals surface area contributed by atoms with Gasteiger partial charge in [-0.05, 0) is 54.5 Å². The van der Waals surface area contributed by atoms with Crippen LogP contribution in [0.25, 0.3) is 0 Å². The highest BCUT2D eigenvalue weighted by Crippen LogP contribution is 2.40. The van der Waals surface area contributed by atoms with E-state index >= 15 is 0 Å². The van der Waals surface area contributed by atoms with Gasteiger partial charge in [-0.2, -0.15) is 0 Å². The third-order valence-corrected chi connectivity index (χ3v) is 6.92. The number of rotatable bonds is 6. The van der Waals surface area contributed by atoms with Crippen LogP contribution in [0.4, 0.5) is 10.7 Å². The van der Waals surface area contributed by atoms with Gasteiger partial charge in [0.1, 0.15) is 10.8 Å². The fraction of sp³-hybridized carbons (Fsp3) is 0.250. The van der Waals surface area contributed by atoms with Gasteiger partial charge in [0.2, 0.25) is 0 Å². The minimum absolute atomic E-state index is 0.122. The Labute approximate surface area is 171 Å². The summed E-state index contributed by atoms with van der Waals surface area (Å²) in [7, 11) is 1.58. The number of carbonyl (C=O) groups is 1. The molecule has 2 heterocycles. The minimum Gasteiger partial charge on any atom is -0.495 e. The molecule has 0 atom stereocenters. The molecular weight excluding hydrogens is 400 g/mol. The lowest BCUT2D eigenvalue weighted by molar-refractivity contribution is 0.102. The summed E-state index contributed by atoms with van der Waals surface area (Å²) in [6.45, 7) is 0.720. The molecule has 0 unspecified atom stereocenters. The first-order valence-electron chi connectivity index (χ1n) is 8.71. The molecule has 0 fully saturated rings. The van der Waals surface area contributed by atoms with E-state index in [1.165, 1.54) is 15.3 Å². The van der Waals surface area contributed by atoms with Crippen molar-refractivity contribution in [3.05, 3.63) is 61.6 Å². The van der Waals surface area contributed by atoms with Gasteiger partial charge in [-0.15, -0.1) is 22.7 Å². The highest BCUT2D eigenvalue weighted by Gasteiger charge is 2.27. The van der Waals surface area contributed by atoms with Crippen LogP contribution in [0.2, 0.25) is 5.02 Å². The summed E-state index contributed by atoms with van der Waals surface area (Å²) in [5, 5.41) is 10.0. The molecular formula is C20H19ClN2O2S2. The Balaban J connectivity index is 1.62. The van der Waals surface area contributed by atoms with Gasteiger partial charge in [0, 0.05) is 14.8 Å². The van der Waals surface area contributed by atoms with E-state index in [-0.39, 0.29) is 5.91 Å². The Kier molecular flexibility index (Phi) is 5.38. The molecule has 1 aliphatic rings. The van der Waals surface area contributed by atoms with E-state index in [2.05, 4.69) is 22.1 Å². The summed E-state index contributed by atoms with van der Waals surface area (Å²) in [5.41, 5.74) is 2.51. The first-order valence-corrected chi connectivity index (χ1v) is 10.8. The molecule has 0 aliphatic heterocycles. The standard InChI is InChI=1S/C20H19ClN2O2S2/c1-25-16-8-7-12(21)10-15(16)23-19(24)18-14-5-2-6-17(14)27-20(18)22-11-13-4-3-9-26-13/h3-4,7-10,22H,2,5-6,11H2,1H3,(H,23,24). The molecule has 0 radical (unpaired) electrons. The zero-order chi connectivity index (χ0) is 18.8.